The molecule has 30 heavy (non-hydrogen) atoms. The van der Waals surface area contributed by atoms with Gasteiger partial charge in [-0.05, 0) is 36.0 Å². The van der Waals surface area contributed by atoms with Crippen LogP contribution in [0.2, 0.25) is 0 Å². The molecule has 0 saturated carbocycles. The first-order valence-electron chi connectivity index (χ1n) is 9.90. The van der Waals surface area contributed by atoms with Gasteiger partial charge < -0.3 is 10.2 Å². The molecule has 1 saturated heterocycles. The number of benzene rings is 2. The van der Waals surface area contributed by atoms with E-state index in [0.717, 1.165) is 25.6 Å². The van der Waals surface area contributed by atoms with Crippen molar-refractivity contribution < 1.29 is 12.8 Å². The van der Waals surface area contributed by atoms with Crippen molar-refractivity contribution in [2.75, 3.05) is 32.4 Å². The van der Waals surface area contributed by atoms with Gasteiger partial charge in [0, 0.05) is 26.7 Å². The molecule has 0 amide bonds. The molecule has 2 atom stereocenters. The van der Waals surface area contributed by atoms with Gasteiger partial charge in [0.1, 0.15) is 10.7 Å². The number of nitrogens with zero attached hydrogens (tertiary/aromatic N) is 2. The van der Waals surface area contributed by atoms with E-state index < -0.39 is 15.7 Å². The van der Waals surface area contributed by atoms with Crippen LogP contribution in [0.5, 0.6) is 0 Å². The number of guanidine groups is 1. The average Bonchev–Trinajstić information content (AvgIpc) is 2.72. The second-order valence-electron chi connectivity index (χ2n) is 7.45. The van der Waals surface area contributed by atoms with Gasteiger partial charge in [0.2, 0.25) is 0 Å². The molecule has 0 radical (unpaired) electrons. The average molecular weight is 545 g/mol. The van der Waals surface area contributed by atoms with Crippen LogP contribution in [-0.4, -0.2) is 51.7 Å². The Hall–Kier alpha value is -1.68. The summed E-state index contributed by atoms with van der Waals surface area (Å²) in [4.78, 5) is 6.23. The minimum Gasteiger partial charge on any atom is -0.355 e. The van der Waals surface area contributed by atoms with Crippen molar-refractivity contribution in [3.05, 3.63) is 66.0 Å². The Kier molecular flexibility index (Phi) is 9.09. The first-order chi connectivity index (χ1) is 13.9. The van der Waals surface area contributed by atoms with Gasteiger partial charge in [-0.3, -0.25) is 4.99 Å². The van der Waals surface area contributed by atoms with E-state index in [4.69, 9.17) is 0 Å². The predicted molar refractivity (Wildman–Crippen MR) is 130 cm³/mol. The Labute approximate surface area is 195 Å². The normalized spacial score (nSPS) is 19.8. The molecule has 1 aliphatic rings. The van der Waals surface area contributed by atoms with Crippen LogP contribution in [0.15, 0.2) is 64.5 Å². The number of sulfone groups is 1. The fourth-order valence-electron chi connectivity index (χ4n) is 3.97. The Morgan fingerprint density at radius 1 is 1.17 bits per heavy atom. The van der Waals surface area contributed by atoms with Gasteiger partial charge in [0.25, 0.3) is 0 Å². The standard InChI is InChI=1S/C22H28FN3O2S.HI/c1-17-16-26(14-12-19(17)18-8-4-3-5-9-18)22(24-2)25-13-15-29(27,28)21-11-7-6-10-20(21)23;/h3-11,17,19H,12-16H2,1-2H3,(H,24,25);1H. The van der Waals surface area contributed by atoms with Crippen LogP contribution in [0.1, 0.15) is 24.8 Å². The molecular formula is C22H29FIN3O2S. The van der Waals surface area contributed by atoms with Crippen molar-refractivity contribution in [2.24, 2.45) is 10.9 Å². The number of hydrogen-bond acceptors (Lipinski definition) is 3. The fraction of sp³-hybridized carbons (Fsp3) is 0.409. The Morgan fingerprint density at radius 2 is 1.83 bits per heavy atom. The van der Waals surface area contributed by atoms with Crippen LogP contribution in [0.3, 0.4) is 0 Å². The second kappa shape index (κ2) is 11.1. The fourth-order valence-corrected chi connectivity index (χ4v) is 5.21. The molecule has 1 aliphatic heterocycles. The lowest BCUT2D eigenvalue weighted by Crippen LogP contribution is -2.48. The van der Waals surface area contributed by atoms with Crippen LogP contribution >= 0.6 is 24.0 Å². The van der Waals surface area contributed by atoms with Crippen molar-refractivity contribution in [2.45, 2.75) is 24.2 Å². The molecule has 2 aromatic rings. The molecule has 164 valence electrons. The number of halogens is 2. The summed E-state index contributed by atoms with van der Waals surface area (Å²) in [6, 6.07) is 16.0. The van der Waals surface area contributed by atoms with E-state index in [0.29, 0.717) is 17.8 Å². The molecular weight excluding hydrogens is 516 g/mol. The van der Waals surface area contributed by atoms with Crippen molar-refractivity contribution in [1.29, 1.82) is 0 Å². The molecule has 1 heterocycles. The highest BCUT2D eigenvalue weighted by molar-refractivity contribution is 14.0. The van der Waals surface area contributed by atoms with Crippen LogP contribution in [0.4, 0.5) is 4.39 Å². The van der Waals surface area contributed by atoms with Crippen LogP contribution in [0, 0.1) is 11.7 Å². The summed E-state index contributed by atoms with van der Waals surface area (Å²) < 4.78 is 38.7. The molecule has 1 fully saturated rings. The summed E-state index contributed by atoms with van der Waals surface area (Å²) in [7, 11) is -2.00. The van der Waals surface area contributed by atoms with Gasteiger partial charge in [-0.25, -0.2) is 12.8 Å². The maximum Gasteiger partial charge on any atom is 0.193 e. The Morgan fingerprint density at radius 3 is 2.47 bits per heavy atom. The molecule has 0 spiro atoms. The van der Waals surface area contributed by atoms with Gasteiger partial charge in [-0.2, -0.15) is 0 Å². The van der Waals surface area contributed by atoms with Crippen molar-refractivity contribution >= 4 is 39.8 Å². The summed E-state index contributed by atoms with van der Waals surface area (Å²) in [5.41, 5.74) is 1.36. The Bertz CT molecular complexity index is 954. The first-order valence-corrected chi connectivity index (χ1v) is 11.6. The Balaban J connectivity index is 0.00000320. The zero-order chi connectivity index (χ0) is 20.9. The molecule has 2 unspecified atom stereocenters. The van der Waals surface area contributed by atoms with Gasteiger partial charge in [-0.15, -0.1) is 24.0 Å². The maximum atomic E-state index is 13.8. The molecule has 5 nitrogen and oxygen atoms in total. The van der Waals surface area contributed by atoms with Gasteiger partial charge in [0.05, 0.1) is 5.75 Å². The lowest BCUT2D eigenvalue weighted by Gasteiger charge is -2.38. The lowest BCUT2D eigenvalue weighted by atomic mass is 9.82. The van der Waals surface area contributed by atoms with E-state index in [1.165, 1.54) is 23.8 Å². The maximum absolute atomic E-state index is 13.8. The highest BCUT2D eigenvalue weighted by atomic mass is 127. The highest BCUT2D eigenvalue weighted by Gasteiger charge is 2.29. The third kappa shape index (κ3) is 5.94. The summed E-state index contributed by atoms with van der Waals surface area (Å²) in [6.45, 7) is 4.11. The quantitative estimate of drug-likeness (QED) is 0.352. The number of piperidine rings is 1. The minimum atomic E-state index is -3.69. The lowest BCUT2D eigenvalue weighted by molar-refractivity contribution is 0.235. The van der Waals surface area contributed by atoms with E-state index in [2.05, 4.69) is 46.4 Å². The summed E-state index contributed by atoms with van der Waals surface area (Å²) in [6.07, 6.45) is 1.01. The van der Waals surface area contributed by atoms with Crippen LogP contribution in [-0.2, 0) is 9.84 Å². The molecule has 0 aliphatic carbocycles. The van der Waals surface area contributed by atoms with Crippen LogP contribution in [0.25, 0.3) is 0 Å². The number of aliphatic imine (C=N–C) groups is 1. The minimum absolute atomic E-state index is 0. The summed E-state index contributed by atoms with van der Waals surface area (Å²) >= 11 is 0. The molecule has 3 rings (SSSR count). The zero-order valence-corrected chi connectivity index (χ0v) is 20.4. The van der Waals surface area contributed by atoms with Crippen LogP contribution < -0.4 is 5.32 Å². The molecule has 1 N–H and O–H groups in total. The third-order valence-electron chi connectivity index (χ3n) is 5.47. The SMILES string of the molecule is CN=C(NCCS(=O)(=O)c1ccccc1F)N1CCC(c2ccccc2)C(C)C1.I. The topological polar surface area (TPSA) is 61.8 Å². The largest absolute Gasteiger partial charge is 0.355 e. The van der Waals surface area contributed by atoms with E-state index >= 15 is 0 Å². The first kappa shape index (κ1) is 24.6. The number of nitrogens with one attached hydrogen (secondary N) is 1. The molecule has 8 heteroatoms. The van der Waals surface area contributed by atoms with E-state index in [1.807, 2.05) is 6.07 Å². The second-order valence-corrected chi connectivity index (χ2v) is 9.53. The number of hydrogen-bond donors (Lipinski definition) is 1. The van der Waals surface area contributed by atoms with E-state index in [-0.39, 0.29) is 41.2 Å². The molecule has 0 aromatic heterocycles. The zero-order valence-electron chi connectivity index (χ0n) is 17.3. The number of likely N-dealkylation sites (tertiary alicyclic amines) is 1. The van der Waals surface area contributed by atoms with Crippen molar-refractivity contribution in [3.63, 3.8) is 0 Å². The highest BCUT2D eigenvalue weighted by Crippen LogP contribution is 2.32. The third-order valence-corrected chi connectivity index (χ3v) is 7.21. The van der Waals surface area contributed by atoms with E-state index in [1.54, 1.807) is 7.05 Å². The van der Waals surface area contributed by atoms with Gasteiger partial charge >= 0.3 is 0 Å². The van der Waals surface area contributed by atoms with E-state index in [9.17, 15) is 12.8 Å². The monoisotopic (exact) mass is 545 g/mol. The predicted octanol–water partition coefficient (Wildman–Crippen LogP) is 3.92. The molecule has 0 bridgehead atoms. The molecule has 2 aromatic carbocycles. The number of rotatable bonds is 5. The van der Waals surface area contributed by atoms with Crippen molar-refractivity contribution in [3.8, 4) is 0 Å². The smallest absolute Gasteiger partial charge is 0.193 e. The summed E-state index contributed by atoms with van der Waals surface area (Å²) in [5.74, 6) is 0.739. The van der Waals surface area contributed by atoms with Gasteiger partial charge in [0.15, 0.2) is 15.8 Å². The summed E-state index contributed by atoms with van der Waals surface area (Å²) in [5, 5.41) is 3.13. The van der Waals surface area contributed by atoms with Gasteiger partial charge in [-0.1, -0.05) is 49.4 Å². The van der Waals surface area contributed by atoms with Crippen molar-refractivity contribution in [1.82, 2.24) is 10.2 Å².